The van der Waals surface area contributed by atoms with Crippen molar-refractivity contribution < 1.29 is 14.4 Å². The van der Waals surface area contributed by atoms with Gasteiger partial charge in [0.05, 0.1) is 6.04 Å². The maximum Gasteiger partial charge on any atom is 0.254 e. The molecule has 3 rings (SSSR count). The van der Waals surface area contributed by atoms with Gasteiger partial charge in [-0.3, -0.25) is 19.3 Å². The summed E-state index contributed by atoms with van der Waals surface area (Å²) in [5.74, 6) is -0.135. The molecular weight excluding hydrogens is 332 g/mol. The van der Waals surface area contributed by atoms with Gasteiger partial charge in [0, 0.05) is 50.4 Å². The molecule has 2 fully saturated rings. The van der Waals surface area contributed by atoms with E-state index in [0.717, 1.165) is 12.8 Å². The molecular formula is C19H26N4O3. The molecule has 1 saturated carbocycles. The van der Waals surface area contributed by atoms with Gasteiger partial charge in [-0.1, -0.05) is 6.07 Å². The summed E-state index contributed by atoms with van der Waals surface area (Å²) in [5, 5.41) is 5.73. The van der Waals surface area contributed by atoms with Crippen molar-refractivity contribution in [1.29, 1.82) is 0 Å². The monoisotopic (exact) mass is 358 g/mol. The van der Waals surface area contributed by atoms with Crippen LogP contribution in [0.4, 0.5) is 5.69 Å². The summed E-state index contributed by atoms with van der Waals surface area (Å²) in [4.78, 5) is 40.0. The predicted octanol–water partition coefficient (Wildman–Crippen LogP) is 1.07. The van der Waals surface area contributed by atoms with Gasteiger partial charge in [0.15, 0.2) is 0 Å². The van der Waals surface area contributed by atoms with Crippen LogP contribution < -0.4 is 10.6 Å². The maximum absolute atomic E-state index is 12.7. The Hall–Kier alpha value is -2.41. The molecule has 26 heavy (non-hydrogen) atoms. The summed E-state index contributed by atoms with van der Waals surface area (Å²) in [5.41, 5.74) is 1.18. The Kier molecular flexibility index (Phi) is 5.56. The minimum Gasteiger partial charge on any atom is -0.352 e. The van der Waals surface area contributed by atoms with Crippen molar-refractivity contribution in [1.82, 2.24) is 15.1 Å². The highest BCUT2D eigenvalue weighted by molar-refractivity contribution is 5.96. The maximum atomic E-state index is 12.7. The summed E-state index contributed by atoms with van der Waals surface area (Å²) < 4.78 is 0. The van der Waals surface area contributed by atoms with Crippen LogP contribution in [0.1, 0.15) is 37.0 Å². The lowest BCUT2D eigenvalue weighted by atomic mass is 10.1. The van der Waals surface area contributed by atoms with Gasteiger partial charge in [-0.25, -0.2) is 0 Å². The Morgan fingerprint density at radius 2 is 1.81 bits per heavy atom. The number of piperazine rings is 1. The van der Waals surface area contributed by atoms with Gasteiger partial charge in [-0.2, -0.15) is 0 Å². The van der Waals surface area contributed by atoms with Crippen LogP contribution in [0.5, 0.6) is 0 Å². The molecule has 1 aliphatic carbocycles. The summed E-state index contributed by atoms with van der Waals surface area (Å²) in [7, 11) is 0. The van der Waals surface area contributed by atoms with Crippen molar-refractivity contribution in [3.8, 4) is 0 Å². The van der Waals surface area contributed by atoms with E-state index in [2.05, 4.69) is 15.5 Å². The Morgan fingerprint density at radius 1 is 1.12 bits per heavy atom. The Morgan fingerprint density at radius 3 is 2.42 bits per heavy atom. The van der Waals surface area contributed by atoms with Gasteiger partial charge < -0.3 is 15.5 Å². The minimum atomic E-state index is -0.170. The number of nitrogens with one attached hydrogen (secondary N) is 2. The van der Waals surface area contributed by atoms with Gasteiger partial charge in [0.25, 0.3) is 5.91 Å². The van der Waals surface area contributed by atoms with Crippen LogP contribution in [-0.4, -0.2) is 65.8 Å². The smallest absolute Gasteiger partial charge is 0.254 e. The number of hydrogen-bond donors (Lipinski definition) is 2. The lowest BCUT2D eigenvalue weighted by Crippen LogP contribution is -2.55. The van der Waals surface area contributed by atoms with Crippen LogP contribution in [0, 0.1) is 0 Å². The largest absolute Gasteiger partial charge is 0.352 e. The fourth-order valence-electron chi connectivity index (χ4n) is 3.14. The molecule has 0 aromatic heterocycles. The number of carbonyl (C=O) groups excluding carboxylic acids is 3. The second-order valence-electron chi connectivity index (χ2n) is 7.05. The van der Waals surface area contributed by atoms with E-state index >= 15 is 0 Å². The second kappa shape index (κ2) is 7.86. The Balaban J connectivity index is 1.54. The molecule has 2 aliphatic rings. The number of hydrogen-bond acceptors (Lipinski definition) is 4. The molecule has 0 bridgehead atoms. The number of amides is 3. The zero-order chi connectivity index (χ0) is 18.7. The first-order valence-corrected chi connectivity index (χ1v) is 9.15. The fourth-order valence-corrected chi connectivity index (χ4v) is 3.14. The van der Waals surface area contributed by atoms with Gasteiger partial charge in [-0.05, 0) is 38.0 Å². The number of rotatable bonds is 5. The first-order valence-electron chi connectivity index (χ1n) is 9.15. The minimum absolute atomic E-state index is 0.0491. The zero-order valence-electron chi connectivity index (χ0n) is 15.3. The topological polar surface area (TPSA) is 81.8 Å². The molecule has 1 aromatic rings. The van der Waals surface area contributed by atoms with Crippen molar-refractivity contribution in [2.45, 2.75) is 38.8 Å². The van der Waals surface area contributed by atoms with Crippen LogP contribution >= 0.6 is 0 Å². The average molecular weight is 358 g/mol. The average Bonchev–Trinajstić information content (AvgIpc) is 3.44. The quantitative estimate of drug-likeness (QED) is 0.825. The molecule has 1 heterocycles. The standard InChI is InChI=1S/C19H26N4O3/c1-13(18(25)21-16-6-7-16)22-8-10-23(11-9-22)19(26)15-4-3-5-17(12-15)20-14(2)24/h3-5,12-13,16H,6-11H2,1-2H3,(H,20,24)(H,21,25). The van der Waals surface area contributed by atoms with Crippen LogP contribution in [0.25, 0.3) is 0 Å². The first kappa shape index (κ1) is 18.4. The molecule has 0 spiro atoms. The third-order valence-corrected chi connectivity index (χ3v) is 4.88. The second-order valence-corrected chi connectivity index (χ2v) is 7.05. The lowest BCUT2D eigenvalue weighted by molar-refractivity contribution is -0.126. The molecule has 1 unspecified atom stereocenters. The van der Waals surface area contributed by atoms with Crippen molar-refractivity contribution in [3.63, 3.8) is 0 Å². The van der Waals surface area contributed by atoms with Crippen molar-refractivity contribution >= 4 is 23.4 Å². The lowest BCUT2D eigenvalue weighted by Gasteiger charge is -2.37. The van der Waals surface area contributed by atoms with Gasteiger partial charge in [0.2, 0.25) is 11.8 Å². The summed E-state index contributed by atoms with van der Waals surface area (Å²) in [6.07, 6.45) is 2.16. The molecule has 7 heteroatoms. The van der Waals surface area contributed by atoms with Crippen molar-refractivity contribution in [2.24, 2.45) is 0 Å². The van der Waals surface area contributed by atoms with E-state index in [-0.39, 0.29) is 23.8 Å². The molecule has 0 radical (unpaired) electrons. The number of carbonyl (C=O) groups is 3. The highest BCUT2D eigenvalue weighted by Crippen LogP contribution is 2.19. The third kappa shape index (κ3) is 4.60. The van der Waals surface area contributed by atoms with E-state index in [1.165, 1.54) is 6.92 Å². The first-order chi connectivity index (χ1) is 12.4. The molecule has 1 aliphatic heterocycles. The zero-order valence-corrected chi connectivity index (χ0v) is 15.3. The van der Waals surface area contributed by atoms with Gasteiger partial charge in [0.1, 0.15) is 0 Å². The molecule has 1 atom stereocenters. The van der Waals surface area contributed by atoms with E-state index in [1.54, 1.807) is 29.2 Å². The third-order valence-electron chi connectivity index (χ3n) is 4.88. The molecule has 2 N–H and O–H groups in total. The van der Waals surface area contributed by atoms with Crippen LogP contribution in [0.2, 0.25) is 0 Å². The molecule has 140 valence electrons. The summed E-state index contributed by atoms with van der Waals surface area (Å²) in [6, 6.07) is 7.17. The Bertz CT molecular complexity index is 694. The predicted molar refractivity (Wildman–Crippen MR) is 98.8 cm³/mol. The van der Waals surface area contributed by atoms with Gasteiger partial charge in [-0.15, -0.1) is 0 Å². The van der Waals surface area contributed by atoms with E-state index in [0.29, 0.717) is 43.5 Å². The van der Waals surface area contributed by atoms with E-state index in [9.17, 15) is 14.4 Å². The van der Waals surface area contributed by atoms with Gasteiger partial charge >= 0.3 is 0 Å². The molecule has 1 aromatic carbocycles. The molecule has 7 nitrogen and oxygen atoms in total. The van der Waals surface area contributed by atoms with Crippen molar-refractivity contribution in [2.75, 3.05) is 31.5 Å². The van der Waals surface area contributed by atoms with Crippen LogP contribution in [0.3, 0.4) is 0 Å². The molecule has 3 amide bonds. The van der Waals surface area contributed by atoms with Crippen LogP contribution in [0.15, 0.2) is 24.3 Å². The fraction of sp³-hybridized carbons (Fsp3) is 0.526. The highest BCUT2D eigenvalue weighted by Gasteiger charge is 2.31. The number of nitrogens with zero attached hydrogens (tertiary/aromatic N) is 2. The normalized spacial score (nSPS) is 18.9. The number of benzene rings is 1. The highest BCUT2D eigenvalue weighted by atomic mass is 16.2. The summed E-state index contributed by atoms with van der Waals surface area (Å²) >= 11 is 0. The van der Waals surface area contributed by atoms with E-state index in [4.69, 9.17) is 0 Å². The van der Waals surface area contributed by atoms with E-state index in [1.807, 2.05) is 6.92 Å². The van der Waals surface area contributed by atoms with E-state index < -0.39 is 0 Å². The van der Waals surface area contributed by atoms with Crippen LogP contribution in [-0.2, 0) is 9.59 Å². The Labute approximate surface area is 153 Å². The summed E-state index contributed by atoms with van der Waals surface area (Å²) in [6.45, 7) is 5.89. The van der Waals surface area contributed by atoms with Crippen molar-refractivity contribution in [3.05, 3.63) is 29.8 Å². The molecule has 1 saturated heterocycles. The SMILES string of the molecule is CC(=O)Nc1cccc(C(=O)N2CCN(C(C)C(=O)NC3CC3)CC2)c1. The number of anilines is 1.